The number of rotatable bonds is 3. The highest BCUT2D eigenvalue weighted by Crippen LogP contribution is 2.28. The van der Waals surface area contributed by atoms with Gasteiger partial charge in [-0.1, -0.05) is 0 Å². The van der Waals surface area contributed by atoms with Crippen LogP contribution in [0.4, 0.5) is 5.13 Å². The number of fused-ring (bicyclic) bond motifs is 1. The van der Waals surface area contributed by atoms with Crippen molar-refractivity contribution in [3.63, 3.8) is 0 Å². The molecule has 6 nitrogen and oxygen atoms in total. The third-order valence-corrected chi connectivity index (χ3v) is 5.90. The molecule has 0 aromatic carbocycles. The molecule has 0 aliphatic heterocycles. The van der Waals surface area contributed by atoms with Gasteiger partial charge in [0.25, 0.3) is 11.5 Å². The molecular weight excluding hydrogens is 332 g/mol. The fraction of sp³-hybridized carbons (Fsp3) is 0.333. The van der Waals surface area contributed by atoms with Gasteiger partial charge in [0.15, 0.2) is 5.13 Å². The summed E-state index contributed by atoms with van der Waals surface area (Å²) in [7, 11) is 0. The summed E-state index contributed by atoms with van der Waals surface area (Å²) in [5.41, 5.74) is 1.48. The molecule has 0 atom stereocenters. The van der Waals surface area contributed by atoms with Gasteiger partial charge in [0.1, 0.15) is 4.83 Å². The molecule has 1 amide bonds. The van der Waals surface area contributed by atoms with Crippen LogP contribution in [0, 0.1) is 20.8 Å². The van der Waals surface area contributed by atoms with E-state index in [1.807, 2.05) is 20.8 Å². The number of nitrogens with zero attached hydrogens (tertiary/aromatic N) is 3. The molecule has 0 fully saturated rings. The summed E-state index contributed by atoms with van der Waals surface area (Å²) in [6.45, 7) is 8.09. The van der Waals surface area contributed by atoms with Crippen LogP contribution in [0.25, 0.3) is 10.2 Å². The third-order valence-electron chi connectivity index (χ3n) is 3.71. The minimum Gasteiger partial charge on any atom is -0.299 e. The number of nitrogens with one attached hydrogen (secondary N) is 1. The molecule has 0 saturated heterocycles. The normalized spacial score (nSPS) is 11.1. The molecule has 0 aliphatic rings. The summed E-state index contributed by atoms with van der Waals surface area (Å²) in [5.74, 6) is -0.248. The first-order valence-corrected chi connectivity index (χ1v) is 8.79. The van der Waals surface area contributed by atoms with Crippen LogP contribution in [0.15, 0.2) is 11.1 Å². The first-order chi connectivity index (χ1) is 10.9. The quantitative estimate of drug-likeness (QED) is 0.789. The van der Waals surface area contributed by atoms with Crippen LogP contribution in [-0.4, -0.2) is 20.4 Å². The number of hydrogen-bond acceptors (Lipinski definition) is 6. The van der Waals surface area contributed by atoms with Crippen LogP contribution in [0.1, 0.15) is 32.7 Å². The van der Waals surface area contributed by atoms with E-state index in [-0.39, 0.29) is 11.5 Å². The van der Waals surface area contributed by atoms with Gasteiger partial charge in [0.05, 0.1) is 22.3 Å². The molecule has 0 radical (unpaired) electrons. The van der Waals surface area contributed by atoms with Crippen molar-refractivity contribution >= 4 is 43.9 Å². The molecule has 0 saturated carbocycles. The molecular formula is C15H16N4O2S2. The van der Waals surface area contributed by atoms with E-state index in [0.29, 0.717) is 32.3 Å². The first-order valence-electron chi connectivity index (χ1n) is 7.16. The Hall–Kier alpha value is -2.06. The summed E-state index contributed by atoms with van der Waals surface area (Å²) >= 11 is 2.68. The van der Waals surface area contributed by atoms with Crippen molar-refractivity contribution in [3.8, 4) is 0 Å². The lowest BCUT2D eigenvalue weighted by molar-refractivity contribution is 0.103. The topological polar surface area (TPSA) is 76.9 Å². The van der Waals surface area contributed by atoms with Gasteiger partial charge in [-0.3, -0.25) is 19.5 Å². The van der Waals surface area contributed by atoms with E-state index in [9.17, 15) is 9.59 Å². The Bertz CT molecular complexity index is 948. The van der Waals surface area contributed by atoms with Crippen molar-refractivity contribution in [1.29, 1.82) is 0 Å². The smallest absolute Gasteiger partial charge is 0.267 e. The Kier molecular flexibility index (Phi) is 4.03. The van der Waals surface area contributed by atoms with E-state index in [2.05, 4.69) is 15.3 Å². The summed E-state index contributed by atoms with van der Waals surface area (Å²) in [4.78, 5) is 35.7. The van der Waals surface area contributed by atoms with Crippen LogP contribution in [-0.2, 0) is 6.54 Å². The second kappa shape index (κ2) is 5.86. The van der Waals surface area contributed by atoms with E-state index >= 15 is 0 Å². The standard InChI is InChI=1S/C15H16N4O2S2/c1-5-19-6-16-13-10(14(19)21)7(2)11(23-13)12(20)18-15-17-8(3)9(4)22-15/h6H,5H2,1-4H3,(H,17,18,20). The number of aryl methyl sites for hydroxylation is 4. The number of amides is 1. The van der Waals surface area contributed by atoms with Crippen LogP contribution in [0.3, 0.4) is 0 Å². The zero-order chi connectivity index (χ0) is 16.7. The molecule has 0 unspecified atom stereocenters. The average Bonchev–Trinajstić information content (AvgIpc) is 3.00. The first kappa shape index (κ1) is 15.8. The molecule has 8 heteroatoms. The maximum atomic E-state index is 12.5. The predicted molar refractivity (Wildman–Crippen MR) is 93.8 cm³/mol. The van der Waals surface area contributed by atoms with Gasteiger partial charge in [-0.2, -0.15) is 0 Å². The Morgan fingerprint density at radius 3 is 2.65 bits per heavy atom. The number of thiazole rings is 1. The van der Waals surface area contributed by atoms with E-state index in [4.69, 9.17) is 0 Å². The minimum atomic E-state index is -0.248. The molecule has 0 bridgehead atoms. The summed E-state index contributed by atoms with van der Waals surface area (Å²) in [6.07, 6.45) is 1.52. The van der Waals surface area contributed by atoms with Crippen molar-refractivity contribution in [2.45, 2.75) is 34.2 Å². The van der Waals surface area contributed by atoms with Gasteiger partial charge in [0, 0.05) is 11.4 Å². The lowest BCUT2D eigenvalue weighted by Gasteiger charge is -2.01. The molecule has 3 aromatic heterocycles. The van der Waals surface area contributed by atoms with Crippen LogP contribution < -0.4 is 10.9 Å². The average molecular weight is 348 g/mol. The highest BCUT2D eigenvalue weighted by atomic mass is 32.1. The second-order valence-electron chi connectivity index (χ2n) is 5.19. The molecule has 0 spiro atoms. The van der Waals surface area contributed by atoms with Crippen LogP contribution in [0.5, 0.6) is 0 Å². The highest BCUT2D eigenvalue weighted by molar-refractivity contribution is 7.21. The lowest BCUT2D eigenvalue weighted by Crippen LogP contribution is -2.19. The van der Waals surface area contributed by atoms with Gasteiger partial charge in [-0.05, 0) is 33.3 Å². The molecule has 0 aliphatic carbocycles. The van der Waals surface area contributed by atoms with Crippen molar-refractivity contribution in [2.75, 3.05) is 5.32 Å². The van der Waals surface area contributed by atoms with E-state index in [1.54, 1.807) is 6.92 Å². The van der Waals surface area contributed by atoms with Crippen molar-refractivity contribution in [1.82, 2.24) is 14.5 Å². The van der Waals surface area contributed by atoms with Gasteiger partial charge in [-0.15, -0.1) is 22.7 Å². The number of anilines is 1. The van der Waals surface area contributed by atoms with Crippen LogP contribution in [0.2, 0.25) is 0 Å². The third kappa shape index (κ3) is 2.68. The zero-order valence-electron chi connectivity index (χ0n) is 13.3. The van der Waals surface area contributed by atoms with Crippen molar-refractivity contribution in [2.24, 2.45) is 0 Å². The fourth-order valence-electron chi connectivity index (χ4n) is 2.28. The number of carbonyl (C=O) groups excluding carboxylic acids is 1. The number of thiophene rings is 1. The Morgan fingerprint density at radius 2 is 2.04 bits per heavy atom. The van der Waals surface area contributed by atoms with Gasteiger partial charge < -0.3 is 0 Å². The Labute approximate surface area is 140 Å². The van der Waals surface area contributed by atoms with Crippen molar-refractivity contribution in [3.05, 3.63) is 37.7 Å². The molecule has 3 rings (SSSR count). The number of hydrogen-bond donors (Lipinski definition) is 1. The maximum Gasteiger partial charge on any atom is 0.267 e. The monoisotopic (exact) mass is 348 g/mol. The second-order valence-corrected chi connectivity index (χ2v) is 7.39. The Balaban J connectivity index is 2.02. The maximum absolute atomic E-state index is 12.5. The SMILES string of the molecule is CCn1cnc2sc(C(=O)Nc3nc(C)c(C)s3)c(C)c2c1=O. The van der Waals surface area contributed by atoms with E-state index in [1.165, 1.54) is 33.6 Å². The lowest BCUT2D eigenvalue weighted by atomic mass is 10.2. The van der Waals surface area contributed by atoms with Crippen molar-refractivity contribution < 1.29 is 4.79 Å². The highest BCUT2D eigenvalue weighted by Gasteiger charge is 2.20. The summed E-state index contributed by atoms with van der Waals surface area (Å²) in [5, 5.41) is 3.91. The number of aromatic nitrogens is 3. The molecule has 1 N–H and O–H groups in total. The van der Waals surface area contributed by atoms with Gasteiger partial charge in [-0.25, -0.2) is 9.97 Å². The van der Waals surface area contributed by atoms with E-state index < -0.39 is 0 Å². The molecule has 3 heterocycles. The Morgan fingerprint density at radius 1 is 1.30 bits per heavy atom. The van der Waals surface area contributed by atoms with E-state index in [0.717, 1.165) is 10.6 Å². The summed E-state index contributed by atoms with van der Waals surface area (Å²) < 4.78 is 1.54. The minimum absolute atomic E-state index is 0.105. The molecule has 120 valence electrons. The predicted octanol–water partition coefficient (Wildman–Crippen LogP) is 3.11. The van der Waals surface area contributed by atoms with Gasteiger partial charge in [0.2, 0.25) is 0 Å². The summed E-state index contributed by atoms with van der Waals surface area (Å²) in [6, 6.07) is 0. The van der Waals surface area contributed by atoms with Gasteiger partial charge >= 0.3 is 0 Å². The largest absolute Gasteiger partial charge is 0.299 e. The molecule has 3 aromatic rings. The number of carbonyl (C=O) groups is 1. The zero-order valence-corrected chi connectivity index (χ0v) is 14.9. The van der Waals surface area contributed by atoms with Crippen LogP contribution >= 0.6 is 22.7 Å². The molecule has 23 heavy (non-hydrogen) atoms. The fourth-order valence-corrected chi connectivity index (χ4v) is 4.13.